The molecule has 0 radical (unpaired) electrons. The first-order chi connectivity index (χ1) is 11.5. The van der Waals surface area contributed by atoms with Crippen LogP contribution in [0, 0.1) is 5.92 Å². The second kappa shape index (κ2) is 7.57. The van der Waals surface area contributed by atoms with Crippen LogP contribution in [0.2, 0.25) is 0 Å². The summed E-state index contributed by atoms with van der Waals surface area (Å²) in [4.78, 5) is 20.7. The molecule has 2 aliphatic rings. The maximum atomic E-state index is 12.9. The highest BCUT2D eigenvalue weighted by Gasteiger charge is 2.30. The molecule has 0 aromatic carbocycles. The molecule has 1 N–H and O–H groups in total. The molecule has 0 aliphatic carbocycles. The van der Waals surface area contributed by atoms with Crippen molar-refractivity contribution in [1.82, 2.24) is 24.7 Å². The number of hydrogen-bond acceptors (Lipinski definition) is 4. The quantitative estimate of drug-likeness (QED) is 0.897. The fourth-order valence-electron chi connectivity index (χ4n) is 3.58. The van der Waals surface area contributed by atoms with Gasteiger partial charge in [0.25, 0.3) is 0 Å². The van der Waals surface area contributed by atoms with Crippen molar-refractivity contribution in [2.75, 3.05) is 32.7 Å². The molecule has 1 aromatic heterocycles. The molecular weight excluding hydrogens is 316 g/mol. The molecule has 134 valence electrons. The minimum absolute atomic E-state index is 0.116. The van der Waals surface area contributed by atoms with Crippen LogP contribution >= 0.6 is 0 Å². The minimum atomic E-state index is -2.56. The van der Waals surface area contributed by atoms with Gasteiger partial charge in [0.15, 0.2) is 0 Å². The van der Waals surface area contributed by atoms with Crippen LogP contribution in [0.15, 0.2) is 12.4 Å². The Hall–Kier alpha value is -1.54. The lowest BCUT2D eigenvalue weighted by atomic mass is 9.92. The van der Waals surface area contributed by atoms with Crippen LogP contribution in [0.5, 0.6) is 0 Å². The van der Waals surface area contributed by atoms with Gasteiger partial charge in [0.1, 0.15) is 5.82 Å². The van der Waals surface area contributed by atoms with E-state index in [9.17, 15) is 13.6 Å². The number of alkyl halides is 2. The average Bonchev–Trinajstić information content (AvgIpc) is 3.03. The van der Waals surface area contributed by atoms with Gasteiger partial charge in [-0.2, -0.15) is 8.78 Å². The van der Waals surface area contributed by atoms with Crippen LogP contribution in [-0.2, 0) is 11.3 Å². The summed E-state index contributed by atoms with van der Waals surface area (Å²) in [5.74, 6) is 0.736. The molecule has 2 atom stereocenters. The molecule has 2 saturated heterocycles. The zero-order valence-electron chi connectivity index (χ0n) is 14.0. The Balaban J connectivity index is 1.50. The number of hydrogen-bond donors (Lipinski definition) is 1. The molecule has 0 bridgehead atoms. The van der Waals surface area contributed by atoms with Gasteiger partial charge < -0.3 is 10.2 Å². The standard InChI is InChI=1S/C16H25F2N5O/c1-12-10-13(2-3-19-12)15(24)22-8-6-21(7-9-22)11-14-20-4-5-23(14)16(17)18/h4-5,12-13,16,19H,2-3,6-11H2,1H3/t12-,13-/m0/s1. The van der Waals surface area contributed by atoms with Crippen LogP contribution in [0.1, 0.15) is 32.1 Å². The van der Waals surface area contributed by atoms with E-state index in [4.69, 9.17) is 0 Å². The zero-order valence-corrected chi connectivity index (χ0v) is 14.0. The fourth-order valence-corrected chi connectivity index (χ4v) is 3.58. The Morgan fingerprint density at radius 3 is 2.79 bits per heavy atom. The second-order valence-corrected chi connectivity index (χ2v) is 6.71. The zero-order chi connectivity index (χ0) is 17.1. The molecule has 2 aliphatic heterocycles. The van der Waals surface area contributed by atoms with E-state index in [0.717, 1.165) is 24.0 Å². The Bertz CT molecular complexity index is 556. The number of nitrogens with one attached hydrogen (secondary N) is 1. The molecule has 2 fully saturated rings. The van der Waals surface area contributed by atoms with Gasteiger partial charge in [0.05, 0.1) is 6.54 Å². The number of imidazole rings is 1. The molecule has 6 nitrogen and oxygen atoms in total. The highest BCUT2D eigenvalue weighted by atomic mass is 19.3. The van der Waals surface area contributed by atoms with Crippen molar-refractivity contribution < 1.29 is 13.6 Å². The van der Waals surface area contributed by atoms with Crippen molar-refractivity contribution in [2.24, 2.45) is 5.92 Å². The first-order valence-electron chi connectivity index (χ1n) is 8.59. The van der Waals surface area contributed by atoms with E-state index in [1.165, 1.54) is 12.4 Å². The predicted molar refractivity (Wildman–Crippen MR) is 85.5 cm³/mol. The number of piperidine rings is 1. The van der Waals surface area contributed by atoms with Gasteiger partial charge in [-0.25, -0.2) is 4.98 Å². The number of carbonyl (C=O) groups is 1. The summed E-state index contributed by atoms with van der Waals surface area (Å²) in [6.45, 7) is 3.55. The molecule has 3 rings (SSSR count). The molecule has 0 spiro atoms. The highest BCUT2D eigenvalue weighted by molar-refractivity contribution is 5.79. The van der Waals surface area contributed by atoms with Crippen LogP contribution in [0.25, 0.3) is 0 Å². The van der Waals surface area contributed by atoms with Crippen LogP contribution in [-0.4, -0.2) is 64.0 Å². The van der Waals surface area contributed by atoms with Crippen LogP contribution < -0.4 is 5.32 Å². The summed E-state index contributed by atoms with van der Waals surface area (Å²) in [7, 11) is 0. The monoisotopic (exact) mass is 341 g/mol. The number of carbonyl (C=O) groups excluding carboxylic acids is 1. The fraction of sp³-hybridized carbons (Fsp3) is 0.750. The summed E-state index contributed by atoms with van der Waals surface area (Å²) in [6, 6.07) is 0.391. The molecule has 24 heavy (non-hydrogen) atoms. The van der Waals surface area contributed by atoms with Crippen molar-refractivity contribution >= 4 is 5.91 Å². The largest absolute Gasteiger partial charge is 0.340 e. The van der Waals surface area contributed by atoms with E-state index in [1.807, 2.05) is 4.90 Å². The third-order valence-electron chi connectivity index (χ3n) is 4.98. The summed E-state index contributed by atoms with van der Waals surface area (Å²) in [5.41, 5.74) is 0. The Labute approximate surface area is 140 Å². The summed E-state index contributed by atoms with van der Waals surface area (Å²) < 4.78 is 26.6. The van der Waals surface area contributed by atoms with Crippen molar-refractivity contribution in [3.63, 3.8) is 0 Å². The highest BCUT2D eigenvalue weighted by Crippen LogP contribution is 2.20. The lowest BCUT2D eigenvalue weighted by molar-refractivity contribution is -0.138. The molecule has 0 unspecified atom stereocenters. The number of rotatable bonds is 4. The van der Waals surface area contributed by atoms with Gasteiger partial charge in [0, 0.05) is 50.5 Å². The van der Waals surface area contributed by atoms with Crippen molar-refractivity contribution in [2.45, 2.75) is 38.9 Å². The molecular formula is C16H25F2N5O. The lowest BCUT2D eigenvalue weighted by Gasteiger charge is -2.37. The van der Waals surface area contributed by atoms with E-state index in [0.29, 0.717) is 44.6 Å². The Morgan fingerprint density at radius 2 is 2.12 bits per heavy atom. The van der Waals surface area contributed by atoms with Gasteiger partial charge in [-0.05, 0) is 26.3 Å². The van der Waals surface area contributed by atoms with Gasteiger partial charge in [0.2, 0.25) is 5.91 Å². The summed E-state index contributed by atoms with van der Waals surface area (Å²) >= 11 is 0. The predicted octanol–water partition coefficient (Wildman–Crippen LogP) is 1.31. The van der Waals surface area contributed by atoms with Gasteiger partial charge in [-0.15, -0.1) is 0 Å². The lowest BCUT2D eigenvalue weighted by Crippen LogP contribution is -2.52. The summed E-state index contributed by atoms with van der Waals surface area (Å²) in [6.07, 6.45) is 4.50. The van der Waals surface area contributed by atoms with Crippen molar-refractivity contribution in [3.05, 3.63) is 18.2 Å². The van der Waals surface area contributed by atoms with Crippen LogP contribution in [0.4, 0.5) is 8.78 Å². The smallest absolute Gasteiger partial charge is 0.319 e. The topological polar surface area (TPSA) is 53.4 Å². The average molecular weight is 341 g/mol. The van der Waals surface area contributed by atoms with E-state index in [-0.39, 0.29) is 11.8 Å². The van der Waals surface area contributed by atoms with E-state index < -0.39 is 6.55 Å². The Kier molecular flexibility index (Phi) is 5.45. The maximum absolute atomic E-state index is 12.9. The van der Waals surface area contributed by atoms with E-state index in [1.54, 1.807) is 0 Å². The molecule has 1 amide bonds. The number of piperazine rings is 1. The van der Waals surface area contributed by atoms with Crippen molar-refractivity contribution in [1.29, 1.82) is 0 Å². The molecule has 0 saturated carbocycles. The minimum Gasteiger partial charge on any atom is -0.340 e. The van der Waals surface area contributed by atoms with Gasteiger partial charge in [-0.1, -0.05) is 0 Å². The van der Waals surface area contributed by atoms with Gasteiger partial charge in [-0.3, -0.25) is 14.3 Å². The molecule has 8 heteroatoms. The summed E-state index contributed by atoms with van der Waals surface area (Å²) in [5, 5.41) is 3.37. The second-order valence-electron chi connectivity index (χ2n) is 6.71. The first kappa shape index (κ1) is 17.3. The first-order valence-corrected chi connectivity index (χ1v) is 8.59. The number of amides is 1. The number of aromatic nitrogens is 2. The molecule has 1 aromatic rings. The van der Waals surface area contributed by atoms with Crippen LogP contribution in [0.3, 0.4) is 0 Å². The number of halogens is 2. The molecule has 3 heterocycles. The maximum Gasteiger partial charge on any atom is 0.319 e. The number of nitrogens with zero attached hydrogens (tertiary/aromatic N) is 4. The SMILES string of the molecule is C[C@H]1C[C@@H](C(=O)N2CCN(Cc3nccn3C(F)F)CC2)CCN1. The normalized spacial score (nSPS) is 26.1. The van der Waals surface area contributed by atoms with E-state index in [2.05, 4.69) is 22.1 Å². The Morgan fingerprint density at radius 1 is 1.38 bits per heavy atom. The van der Waals surface area contributed by atoms with Gasteiger partial charge >= 0.3 is 6.55 Å². The van der Waals surface area contributed by atoms with Crippen molar-refractivity contribution in [3.8, 4) is 0 Å². The van der Waals surface area contributed by atoms with E-state index >= 15 is 0 Å². The third-order valence-corrected chi connectivity index (χ3v) is 4.98. The third kappa shape index (κ3) is 3.92.